The number of ether oxygens (including phenoxy) is 1. The number of nitrogens with two attached hydrogens (primary N) is 1. The van der Waals surface area contributed by atoms with E-state index in [1.807, 2.05) is 0 Å². The van der Waals surface area contributed by atoms with Gasteiger partial charge >= 0.3 is 0 Å². The van der Waals surface area contributed by atoms with Crippen molar-refractivity contribution < 1.29 is 9.53 Å². The Bertz CT molecular complexity index is 445. The summed E-state index contributed by atoms with van der Waals surface area (Å²) < 4.78 is 5.27. The molecule has 0 radical (unpaired) electrons. The van der Waals surface area contributed by atoms with E-state index in [4.69, 9.17) is 22.1 Å². The maximum Gasteiger partial charge on any atom is 0.255 e. The summed E-state index contributed by atoms with van der Waals surface area (Å²) in [5.41, 5.74) is 6.00. The SMILES string of the molecule is COC1CCN(C(=O)c2cnc(N)c(Cl)c2)CC1. The Morgan fingerprint density at radius 1 is 1.56 bits per heavy atom. The number of rotatable bonds is 2. The average Bonchev–Trinajstić information content (AvgIpc) is 2.41. The van der Waals surface area contributed by atoms with Gasteiger partial charge in [-0.05, 0) is 18.9 Å². The third-order valence-corrected chi connectivity index (χ3v) is 3.48. The van der Waals surface area contributed by atoms with Crippen LogP contribution in [0, 0.1) is 0 Å². The van der Waals surface area contributed by atoms with Crippen LogP contribution in [0.15, 0.2) is 12.3 Å². The Hall–Kier alpha value is -1.33. The lowest BCUT2D eigenvalue weighted by molar-refractivity contribution is 0.0350. The van der Waals surface area contributed by atoms with Crippen molar-refractivity contribution in [1.29, 1.82) is 0 Å². The second kappa shape index (κ2) is 5.54. The number of likely N-dealkylation sites (tertiary alicyclic amines) is 1. The fourth-order valence-electron chi connectivity index (χ4n) is 2.04. The Morgan fingerprint density at radius 2 is 2.22 bits per heavy atom. The van der Waals surface area contributed by atoms with E-state index >= 15 is 0 Å². The zero-order chi connectivity index (χ0) is 13.1. The van der Waals surface area contributed by atoms with Crippen molar-refractivity contribution in [2.45, 2.75) is 18.9 Å². The molecule has 0 spiro atoms. The topological polar surface area (TPSA) is 68.5 Å². The van der Waals surface area contributed by atoms with E-state index in [1.165, 1.54) is 6.20 Å². The molecule has 1 fully saturated rings. The summed E-state index contributed by atoms with van der Waals surface area (Å²) in [6.45, 7) is 1.39. The molecule has 1 aliphatic rings. The molecule has 1 aliphatic heterocycles. The predicted octanol–water partition coefficient (Wildman–Crippen LogP) is 1.57. The van der Waals surface area contributed by atoms with Crippen LogP contribution in [0.4, 0.5) is 5.82 Å². The van der Waals surface area contributed by atoms with Crippen LogP contribution in [0.25, 0.3) is 0 Å². The molecule has 0 bridgehead atoms. The highest BCUT2D eigenvalue weighted by atomic mass is 35.5. The number of pyridine rings is 1. The smallest absolute Gasteiger partial charge is 0.255 e. The van der Waals surface area contributed by atoms with Crippen LogP contribution < -0.4 is 5.73 Å². The summed E-state index contributed by atoms with van der Waals surface area (Å²) in [5.74, 6) is 0.185. The number of nitrogens with zero attached hydrogens (tertiary/aromatic N) is 2. The summed E-state index contributed by atoms with van der Waals surface area (Å²) in [6, 6.07) is 1.56. The van der Waals surface area contributed by atoms with Gasteiger partial charge in [-0.15, -0.1) is 0 Å². The monoisotopic (exact) mass is 269 g/mol. The second-order valence-corrected chi connectivity index (χ2v) is 4.73. The summed E-state index contributed by atoms with van der Waals surface area (Å²) in [4.78, 5) is 17.9. The number of piperidine rings is 1. The molecule has 0 unspecified atom stereocenters. The number of hydrogen-bond donors (Lipinski definition) is 1. The first-order chi connectivity index (χ1) is 8.61. The van der Waals surface area contributed by atoms with E-state index in [0.29, 0.717) is 23.7 Å². The molecule has 2 N–H and O–H groups in total. The summed E-state index contributed by atoms with van der Waals surface area (Å²) in [7, 11) is 1.70. The fraction of sp³-hybridized carbons (Fsp3) is 0.500. The van der Waals surface area contributed by atoms with Crippen molar-refractivity contribution in [3.8, 4) is 0 Å². The van der Waals surface area contributed by atoms with Gasteiger partial charge in [-0.2, -0.15) is 0 Å². The summed E-state index contributed by atoms with van der Waals surface area (Å²) in [6.07, 6.45) is 3.44. The zero-order valence-corrected chi connectivity index (χ0v) is 11.0. The van der Waals surface area contributed by atoms with Gasteiger partial charge in [0, 0.05) is 26.4 Å². The van der Waals surface area contributed by atoms with E-state index in [9.17, 15) is 4.79 Å². The van der Waals surface area contributed by atoms with Gasteiger partial charge in [0.1, 0.15) is 5.82 Å². The lowest BCUT2D eigenvalue weighted by atomic mass is 10.1. The highest BCUT2D eigenvalue weighted by Crippen LogP contribution is 2.20. The third-order valence-electron chi connectivity index (χ3n) is 3.18. The minimum Gasteiger partial charge on any atom is -0.382 e. The first-order valence-electron chi connectivity index (χ1n) is 5.85. The molecular weight excluding hydrogens is 254 g/mol. The average molecular weight is 270 g/mol. The number of amides is 1. The van der Waals surface area contributed by atoms with E-state index < -0.39 is 0 Å². The van der Waals surface area contributed by atoms with Gasteiger partial charge in [0.05, 0.1) is 16.7 Å². The lowest BCUT2D eigenvalue weighted by Crippen LogP contribution is -2.40. The predicted molar refractivity (Wildman–Crippen MR) is 69.6 cm³/mol. The van der Waals surface area contributed by atoms with Crippen molar-refractivity contribution >= 4 is 23.3 Å². The van der Waals surface area contributed by atoms with Gasteiger partial charge in [-0.25, -0.2) is 4.98 Å². The number of hydrogen-bond acceptors (Lipinski definition) is 4. The molecule has 1 saturated heterocycles. The standard InChI is InChI=1S/C12H16ClN3O2/c1-18-9-2-4-16(5-3-9)12(17)8-6-10(13)11(14)15-7-8/h6-7,9H,2-5H2,1H3,(H2,14,15). The maximum atomic E-state index is 12.2. The summed E-state index contributed by atoms with van der Waals surface area (Å²) in [5, 5.41) is 0.313. The van der Waals surface area contributed by atoms with Gasteiger partial charge < -0.3 is 15.4 Å². The van der Waals surface area contributed by atoms with E-state index in [-0.39, 0.29) is 17.8 Å². The number of carbonyl (C=O) groups is 1. The Kier molecular flexibility index (Phi) is 4.04. The summed E-state index contributed by atoms with van der Waals surface area (Å²) >= 11 is 5.86. The highest BCUT2D eigenvalue weighted by molar-refractivity contribution is 6.33. The maximum absolute atomic E-state index is 12.2. The van der Waals surface area contributed by atoms with E-state index in [2.05, 4.69) is 4.98 Å². The van der Waals surface area contributed by atoms with Gasteiger partial charge in [-0.3, -0.25) is 4.79 Å². The molecule has 0 aromatic carbocycles. The number of methoxy groups -OCH3 is 1. The van der Waals surface area contributed by atoms with Crippen LogP contribution in [-0.2, 0) is 4.74 Å². The molecule has 0 atom stereocenters. The van der Waals surface area contributed by atoms with Gasteiger partial charge in [0.15, 0.2) is 0 Å². The van der Waals surface area contributed by atoms with Gasteiger partial charge in [-0.1, -0.05) is 11.6 Å². The molecule has 1 aromatic heterocycles. The Morgan fingerprint density at radius 3 is 2.78 bits per heavy atom. The van der Waals surface area contributed by atoms with Crippen molar-refractivity contribution in [2.75, 3.05) is 25.9 Å². The van der Waals surface area contributed by atoms with E-state index in [1.54, 1.807) is 18.1 Å². The lowest BCUT2D eigenvalue weighted by Gasteiger charge is -2.31. The van der Waals surface area contributed by atoms with Crippen molar-refractivity contribution in [3.63, 3.8) is 0 Å². The number of halogens is 1. The second-order valence-electron chi connectivity index (χ2n) is 4.32. The quantitative estimate of drug-likeness (QED) is 0.885. The van der Waals surface area contributed by atoms with Crippen LogP contribution in [0.5, 0.6) is 0 Å². The van der Waals surface area contributed by atoms with E-state index in [0.717, 1.165) is 12.8 Å². The molecular formula is C12H16ClN3O2. The molecule has 1 amide bonds. The third kappa shape index (κ3) is 2.73. The fourth-order valence-corrected chi connectivity index (χ4v) is 2.21. The molecule has 6 heteroatoms. The molecule has 1 aromatic rings. The number of carbonyl (C=O) groups excluding carboxylic acids is 1. The van der Waals surface area contributed by atoms with Crippen LogP contribution in [0.3, 0.4) is 0 Å². The Labute approximate surface area is 111 Å². The molecule has 0 saturated carbocycles. The molecule has 2 heterocycles. The van der Waals surface area contributed by atoms with Crippen LogP contribution in [-0.4, -0.2) is 42.1 Å². The zero-order valence-electron chi connectivity index (χ0n) is 10.2. The molecule has 0 aliphatic carbocycles. The van der Waals surface area contributed by atoms with Crippen LogP contribution in [0.1, 0.15) is 23.2 Å². The normalized spacial score (nSPS) is 16.9. The highest BCUT2D eigenvalue weighted by Gasteiger charge is 2.23. The van der Waals surface area contributed by atoms with Crippen LogP contribution >= 0.6 is 11.6 Å². The van der Waals surface area contributed by atoms with Crippen LogP contribution in [0.2, 0.25) is 5.02 Å². The van der Waals surface area contributed by atoms with Crippen molar-refractivity contribution in [2.24, 2.45) is 0 Å². The number of anilines is 1. The van der Waals surface area contributed by atoms with Gasteiger partial charge in [0.25, 0.3) is 5.91 Å². The molecule has 2 rings (SSSR count). The number of aromatic nitrogens is 1. The molecule has 98 valence electrons. The minimum absolute atomic E-state index is 0.0565. The first kappa shape index (κ1) is 13.1. The largest absolute Gasteiger partial charge is 0.382 e. The molecule has 18 heavy (non-hydrogen) atoms. The van der Waals surface area contributed by atoms with Crippen molar-refractivity contribution in [3.05, 3.63) is 22.8 Å². The Balaban J connectivity index is 2.05. The van der Waals surface area contributed by atoms with Gasteiger partial charge in [0.2, 0.25) is 0 Å². The molecule has 5 nitrogen and oxygen atoms in total. The number of nitrogen functional groups attached to an aromatic ring is 1. The first-order valence-corrected chi connectivity index (χ1v) is 6.22. The minimum atomic E-state index is -0.0565. The van der Waals surface area contributed by atoms with Crippen molar-refractivity contribution in [1.82, 2.24) is 9.88 Å².